The van der Waals surface area contributed by atoms with Gasteiger partial charge in [0.15, 0.2) is 5.82 Å². The third-order valence-electron chi connectivity index (χ3n) is 5.89. The number of carbonyl (C=O) groups excluding carboxylic acids is 1. The molecule has 1 aromatic heterocycles. The number of nitrogens with two attached hydrogens (primary N) is 1. The SMILES string of the molecule is CCN(CC)S(=O)(=O)c1cccc(-c2nnc(SCC(=O)N[C@@H]3CCCC[C@H]3C)n2N)c1. The number of carbonyl (C=O) groups is 1. The van der Waals surface area contributed by atoms with Crippen molar-refractivity contribution in [3.63, 3.8) is 0 Å². The number of sulfonamides is 1. The molecule has 0 spiro atoms. The van der Waals surface area contributed by atoms with Gasteiger partial charge in [0.05, 0.1) is 10.6 Å². The highest BCUT2D eigenvalue weighted by Crippen LogP contribution is 2.26. The summed E-state index contributed by atoms with van der Waals surface area (Å²) in [6, 6.07) is 6.72. The van der Waals surface area contributed by atoms with Gasteiger partial charge in [0.25, 0.3) is 0 Å². The molecule has 1 fully saturated rings. The van der Waals surface area contributed by atoms with Crippen molar-refractivity contribution in [2.75, 3.05) is 24.7 Å². The average molecular weight is 481 g/mol. The Bertz CT molecular complexity index is 1040. The minimum Gasteiger partial charge on any atom is -0.352 e. The molecular weight excluding hydrogens is 448 g/mol. The van der Waals surface area contributed by atoms with E-state index in [1.807, 2.05) is 0 Å². The Morgan fingerprint density at radius 2 is 1.97 bits per heavy atom. The second-order valence-corrected chi connectivity index (χ2v) is 10.9. The van der Waals surface area contributed by atoms with E-state index in [0.717, 1.165) is 19.3 Å². The Balaban J connectivity index is 1.70. The van der Waals surface area contributed by atoms with Crippen molar-refractivity contribution in [3.05, 3.63) is 24.3 Å². The number of hydrogen-bond acceptors (Lipinski definition) is 7. The van der Waals surface area contributed by atoms with Crippen molar-refractivity contribution >= 4 is 27.7 Å². The van der Waals surface area contributed by atoms with Crippen LogP contribution in [0.25, 0.3) is 11.4 Å². The van der Waals surface area contributed by atoms with Crippen LogP contribution in [0.3, 0.4) is 0 Å². The topological polar surface area (TPSA) is 123 Å². The average Bonchev–Trinajstić information content (AvgIpc) is 3.15. The Labute approximate surface area is 194 Å². The molecule has 1 heterocycles. The van der Waals surface area contributed by atoms with E-state index in [0.29, 0.717) is 35.6 Å². The molecule has 1 saturated carbocycles. The summed E-state index contributed by atoms with van der Waals surface area (Å²) in [5.74, 6) is 7.14. The highest BCUT2D eigenvalue weighted by molar-refractivity contribution is 7.99. The summed E-state index contributed by atoms with van der Waals surface area (Å²) >= 11 is 1.21. The number of hydrogen-bond donors (Lipinski definition) is 2. The van der Waals surface area contributed by atoms with E-state index in [1.54, 1.807) is 38.1 Å². The fourth-order valence-electron chi connectivity index (χ4n) is 3.99. The molecule has 0 radical (unpaired) electrons. The lowest BCUT2D eigenvalue weighted by Gasteiger charge is -2.29. The Morgan fingerprint density at radius 3 is 2.66 bits per heavy atom. The standard InChI is InChI=1S/C21H32N6O3S2/c1-4-26(5-2)32(29,30)17-11-8-10-16(13-17)20-24-25-21(27(20)22)31-14-19(28)23-18-12-7-6-9-15(18)3/h8,10-11,13,15,18H,4-7,9,12,14,22H2,1-3H3,(H,23,28)/t15-,18-/m1/s1. The zero-order valence-electron chi connectivity index (χ0n) is 18.8. The van der Waals surface area contributed by atoms with Crippen molar-refractivity contribution in [1.29, 1.82) is 0 Å². The van der Waals surface area contributed by atoms with Crippen LogP contribution < -0.4 is 11.2 Å². The summed E-state index contributed by atoms with van der Waals surface area (Å²) in [6.45, 7) is 6.55. The molecule has 9 nitrogen and oxygen atoms in total. The van der Waals surface area contributed by atoms with E-state index in [4.69, 9.17) is 5.84 Å². The molecule has 2 atom stereocenters. The van der Waals surface area contributed by atoms with Crippen LogP contribution in [0, 0.1) is 5.92 Å². The van der Waals surface area contributed by atoms with Crippen molar-refractivity contribution in [1.82, 2.24) is 24.5 Å². The maximum absolute atomic E-state index is 12.8. The molecule has 32 heavy (non-hydrogen) atoms. The first-order chi connectivity index (χ1) is 15.3. The highest BCUT2D eigenvalue weighted by atomic mass is 32.2. The van der Waals surface area contributed by atoms with Crippen LogP contribution in [0.5, 0.6) is 0 Å². The van der Waals surface area contributed by atoms with Gasteiger partial charge in [-0.3, -0.25) is 4.79 Å². The lowest BCUT2D eigenvalue weighted by Crippen LogP contribution is -2.41. The predicted octanol–water partition coefficient (Wildman–Crippen LogP) is 2.48. The van der Waals surface area contributed by atoms with Crippen LogP contribution >= 0.6 is 11.8 Å². The first kappa shape index (κ1) is 24.5. The number of amides is 1. The van der Waals surface area contributed by atoms with Gasteiger partial charge in [-0.1, -0.05) is 57.5 Å². The lowest BCUT2D eigenvalue weighted by atomic mass is 9.86. The molecule has 1 amide bonds. The first-order valence-electron chi connectivity index (χ1n) is 11.0. The number of thioether (sulfide) groups is 1. The molecule has 1 aromatic carbocycles. The summed E-state index contributed by atoms with van der Waals surface area (Å²) < 4.78 is 28.4. The second kappa shape index (κ2) is 10.7. The van der Waals surface area contributed by atoms with E-state index in [-0.39, 0.29) is 22.6 Å². The minimum atomic E-state index is -3.60. The molecule has 0 aliphatic heterocycles. The molecule has 0 bridgehead atoms. The van der Waals surface area contributed by atoms with Gasteiger partial charge in [-0.15, -0.1) is 10.2 Å². The van der Waals surface area contributed by atoms with Gasteiger partial charge in [0.1, 0.15) is 0 Å². The Morgan fingerprint density at radius 1 is 1.25 bits per heavy atom. The summed E-state index contributed by atoms with van der Waals surface area (Å²) in [6.07, 6.45) is 4.52. The van der Waals surface area contributed by atoms with E-state index in [2.05, 4.69) is 22.4 Å². The zero-order valence-corrected chi connectivity index (χ0v) is 20.5. The van der Waals surface area contributed by atoms with Gasteiger partial charge in [-0.25, -0.2) is 13.1 Å². The van der Waals surface area contributed by atoms with Crippen molar-refractivity contribution in [2.24, 2.45) is 5.92 Å². The summed E-state index contributed by atoms with van der Waals surface area (Å²) in [5, 5.41) is 11.7. The third-order valence-corrected chi connectivity index (χ3v) is 8.88. The normalized spacial score (nSPS) is 19.2. The molecule has 0 unspecified atom stereocenters. The fraction of sp³-hybridized carbons (Fsp3) is 0.571. The van der Waals surface area contributed by atoms with Gasteiger partial charge in [0, 0.05) is 24.7 Å². The van der Waals surface area contributed by atoms with Crippen molar-refractivity contribution in [2.45, 2.75) is 62.5 Å². The van der Waals surface area contributed by atoms with Crippen LogP contribution in [-0.2, 0) is 14.8 Å². The zero-order chi connectivity index (χ0) is 23.3. The smallest absolute Gasteiger partial charge is 0.243 e. The maximum atomic E-state index is 12.8. The van der Waals surface area contributed by atoms with Crippen LogP contribution in [0.4, 0.5) is 0 Å². The molecule has 0 saturated heterocycles. The fourth-order valence-corrected chi connectivity index (χ4v) is 6.16. The van der Waals surface area contributed by atoms with Gasteiger partial charge in [0.2, 0.25) is 21.1 Å². The van der Waals surface area contributed by atoms with E-state index < -0.39 is 10.0 Å². The van der Waals surface area contributed by atoms with Crippen molar-refractivity contribution in [3.8, 4) is 11.4 Å². The largest absolute Gasteiger partial charge is 0.352 e. The first-order valence-corrected chi connectivity index (χ1v) is 13.4. The van der Waals surface area contributed by atoms with Gasteiger partial charge in [-0.2, -0.15) is 4.31 Å². The molecule has 3 rings (SSSR count). The van der Waals surface area contributed by atoms with E-state index in [9.17, 15) is 13.2 Å². The Hall–Kier alpha value is -2.11. The molecule has 2 aromatic rings. The van der Waals surface area contributed by atoms with Crippen LogP contribution in [0.1, 0.15) is 46.5 Å². The predicted molar refractivity (Wildman–Crippen MR) is 126 cm³/mol. The minimum absolute atomic E-state index is 0.0504. The van der Waals surface area contributed by atoms with E-state index in [1.165, 1.54) is 27.2 Å². The lowest BCUT2D eigenvalue weighted by molar-refractivity contribution is -0.119. The summed E-state index contributed by atoms with van der Waals surface area (Å²) in [7, 11) is -3.60. The monoisotopic (exact) mass is 480 g/mol. The number of nitrogens with zero attached hydrogens (tertiary/aromatic N) is 4. The quantitative estimate of drug-likeness (QED) is 0.417. The van der Waals surface area contributed by atoms with E-state index >= 15 is 0 Å². The van der Waals surface area contributed by atoms with Gasteiger partial charge >= 0.3 is 0 Å². The van der Waals surface area contributed by atoms with Crippen LogP contribution in [0.15, 0.2) is 34.3 Å². The molecule has 176 valence electrons. The molecule has 1 aliphatic rings. The van der Waals surface area contributed by atoms with Gasteiger partial charge < -0.3 is 11.2 Å². The third kappa shape index (κ3) is 5.44. The molecular formula is C21H32N6O3S2. The number of nitrogens with one attached hydrogen (secondary N) is 1. The highest BCUT2D eigenvalue weighted by Gasteiger charge is 2.24. The number of rotatable bonds is 9. The molecule has 3 N–H and O–H groups in total. The summed E-state index contributed by atoms with van der Waals surface area (Å²) in [5.41, 5.74) is 0.542. The summed E-state index contributed by atoms with van der Waals surface area (Å²) in [4.78, 5) is 12.6. The molecule has 11 heteroatoms. The Kier molecular flexibility index (Phi) is 8.18. The number of aromatic nitrogens is 3. The van der Waals surface area contributed by atoms with Gasteiger partial charge in [-0.05, 0) is 30.9 Å². The maximum Gasteiger partial charge on any atom is 0.243 e. The second-order valence-electron chi connectivity index (χ2n) is 8.02. The number of nitrogen functional groups attached to an aromatic ring is 1. The number of benzene rings is 1. The van der Waals surface area contributed by atoms with Crippen LogP contribution in [0.2, 0.25) is 0 Å². The van der Waals surface area contributed by atoms with Crippen molar-refractivity contribution < 1.29 is 13.2 Å². The van der Waals surface area contributed by atoms with Crippen LogP contribution in [-0.4, -0.2) is 58.4 Å². The molecule has 1 aliphatic carbocycles.